The average molecular weight is 285 g/mol. The lowest BCUT2D eigenvalue weighted by atomic mass is 10.0. The van der Waals surface area contributed by atoms with Crippen molar-refractivity contribution in [3.8, 4) is 0 Å². The molecule has 0 saturated carbocycles. The molecule has 4 nitrogen and oxygen atoms in total. The van der Waals surface area contributed by atoms with Gasteiger partial charge in [-0.25, -0.2) is 0 Å². The number of nitrogens with zero attached hydrogens (tertiary/aromatic N) is 2. The smallest absolute Gasteiger partial charge is 0.0726 e. The van der Waals surface area contributed by atoms with Crippen LogP contribution in [0.15, 0.2) is 30.3 Å². The van der Waals surface area contributed by atoms with Crippen LogP contribution in [0.1, 0.15) is 18.5 Å². The Kier molecular flexibility index (Phi) is 4.36. The third-order valence-corrected chi connectivity index (χ3v) is 4.06. The Labute approximate surface area is 125 Å². The van der Waals surface area contributed by atoms with E-state index in [4.69, 9.17) is 15.5 Å². The Balaban J connectivity index is 1.69. The van der Waals surface area contributed by atoms with E-state index in [0.29, 0.717) is 5.92 Å². The second-order valence-electron chi connectivity index (χ2n) is 6.00. The van der Waals surface area contributed by atoms with Crippen LogP contribution in [0.25, 0.3) is 10.9 Å². The lowest BCUT2D eigenvalue weighted by molar-refractivity contribution is 0.0410. The van der Waals surface area contributed by atoms with Crippen molar-refractivity contribution in [3.63, 3.8) is 0 Å². The minimum absolute atomic E-state index is 0.640. The van der Waals surface area contributed by atoms with E-state index in [9.17, 15) is 0 Å². The Bertz CT molecular complexity index is 608. The van der Waals surface area contributed by atoms with E-state index in [1.165, 1.54) is 12.8 Å². The number of benzene rings is 1. The van der Waals surface area contributed by atoms with E-state index >= 15 is 0 Å². The summed E-state index contributed by atoms with van der Waals surface area (Å²) in [6.45, 7) is 3.68. The lowest BCUT2D eigenvalue weighted by Gasteiger charge is -2.27. The van der Waals surface area contributed by atoms with Crippen LogP contribution >= 0.6 is 0 Å². The summed E-state index contributed by atoms with van der Waals surface area (Å²) < 4.78 is 5.55. The summed E-state index contributed by atoms with van der Waals surface area (Å²) in [7, 11) is 2.14. The molecule has 2 heterocycles. The number of ether oxygens (including phenoxy) is 1. The Morgan fingerprint density at radius 1 is 1.38 bits per heavy atom. The molecule has 1 atom stereocenters. The molecule has 1 aliphatic rings. The summed E-state index contributed by atoms with van der Waals surface area (Å²) in [5.41, 5.74) is 8.96. The zero-order valence-corrected chi connectivity index (χ0v) is 12.6. The monoisotopic (exact) mass is 285 g/mol. The molecular formula is C17H23N3O. The Morgan fingerprint density at radius 2 is 2.24 bits per heavy atom. The number of pyridine rings is 1. The van der Waals surface area contributed by atoms with Gasteiger partial charge in [0.2, 0.25) is 0 Å². The summed E-state index contributed by atoms with van der Waals surface area (Å²) in [5.74, 6) is 0.640. The van der Waals surface area contributed by atoms with Crippen LogP contribution in [-0.2, 0) is 11.3 Å². The van der Waals surface area contributed by atoms with Crippen molar-refractivity contribution in [2.24, 2.45) is 5.92 Å². The topological polar surface area (TPSA) is 51.4 Å². The molecule has 4 heteroatoms. The van der Waals surface area contributed by atoms with Gasteiger partial charge in [0.25, 0.3) is 0 Å². The maximum atomic E-state index is 6.14. The van der Waals surface area contributed by atoms with Crippen LogP contribution in [0, 0.1) is 5.92 Å². The summed E-state index contributed by atoms with van der Waals surface area (Å²) in [6, 6.07) is 10.0. The largest absolute Gasteiger partial charge is 0.398 e. The van der Waals surface area contributed by atoms with Gasteiger partial charge in [-0.05, 0) is 37.9 Å². The standard InChI is InChI=1S/C17H23N3O/c1-20(10-13-5-4-8-21-12-13)11-14-9-16(18)15-6-2-3-7-17(15)19-14/h2-3,6-7,9,13H,4-5,8,10-12H2,1H3,(H2,18,19). The lowest BCUT2D eigenvalue weighted by Crippen LogP contribution is -2.30. The fourth-order valence-electron chi connectivity index (χ4n) is 3.07. The molecule has 1 fully saturated rings. The van der Waals surface area contributed by atoms with Crippen molar-refractivity contribution in [1.29, 1.82) is 0 Å². The SMILES string of the molecule is CN(Cc1cc(N)c2ccccc2n1)CC1CCCOC1. The number of nitrogen functional groups attached to an aromatic ring is 1. The maximum absolute atomic E-state index is 6.14. The predicted octanol–water partition coefficient (Wildman–Crippen LogP) is 2.68. The van der Waals surface area contributed by atoms with Crippen molar-refractivity contribution in [2.45, 2.75) is 19.4 Å². The van der Waals surface area contributed by atoms with Gasteiger partial charge < -0.3 is 15.4 Å². The second-order valence-corrected chi connectivity index (χ2v) is 6.00. The zero-order valence-electron chi connectivity index (χ0n) is 12.6. The number of rotatable bonds is 4. The summed E-state index contributed by atoms with van der Waals surface area (Å²) in [5, 5.41) is 1.03. The van der Waals surface area contributed by atoms with Crippen molar-refractivity contribution in [2.75, 3.05) is 32.5 Å². The summed E-state index contributed by atoms with van der Waals surface area (Å²) >= 11 is 0. The first-order valence-electron chi connectivity index (χ1n) is 7.63. The molecule has 1 saturated heterocycles. The number of fused-ring (bicyclic) bond motifs is 1. The van der Waals surface area contributed by atoms with Crippen LogP contribution in [0.3, 0.4) is 0 Å². The molecule has 1 aliphatic heterocycles. The first kappa shape index (κ1) is 14.3. The highest BCUT2D eigenvalue weighted by atomic mass is 16.5. The molecular weight excluding hydrogens is 262 g/mol. The molecule has 3 rings (SSSR count). The minimum Gasteiger partial charge on any atom is -0.398 e. The highest BCUT2D eigenvalue weighted by molar-refractivity contribution is 5.90. The number of para-hydroxylation sites is 1. The average Bonchev–Trinajstić information content (AvgIpc) is 2.48. The molecule has 1 unspecified atom stereocenters. The first-order chi connectivity index (χ1) is 10.2. The van der Waals surface area contributed by atoms with E-state index < -0.39 is 0 Å². The molecule has 0 bridgehead atoms. The van der Waals surface area contributed by atoms with Crippen molar-refractivity contribution < 1.29 is 4.74 Å². The van der Waals surface area contributed by atoms with Gasteiger partial charge in [-0.3, -0.25) is 4.98 Å². The number of anilines is 1. The molecule has 0 amide bonds. The molecule has 1 aromatic heterocycles. The van der Waals surface area contributed by atoms with Crippen molar-refractivity contribution >= 4 is 16.6 Å². The quantitative estimate of drug-likeness (QED) is 0.938. The van der Waals surface area contributed by atoms with E-state index in [2.05, 4.69) is 11.9 Å². The van der Waals surface area contributed by atoms with E-state index in [-0.39, 0.29) is 0 Å². The number of hydrogen-bond acceptors (Lipinski definition) is 4. The van der Waals surface area contributed by atoms with Crippen LogP contribution in [0.4, 0.5) is 5.69 Å². The van der Waals surface area contributed by atoms with E-state index in [1.807, 2.05) is 30.3 Å². The van der Waals surface area contributed by atoms with Gasteiger partial charge in [-0.1, -0.05) is 18.2 Å². The fraction of sp³-hybridized carbons (Fsp3) is 0.471. The second kappa shape index (κ2) is 6.41. The van der Waals surface area contributed by atoms with Crippen LogP contribution < -0.4 is 5.73 Å². The summed E-state index contributed by atoms with van der Waals surface area (Å²) in [6.07, 6.45) is 2.44. The molecule has 2 N–H and O–H groups in total. The van der Waals surface area contributed by atoms with E-state index in [1.54, 1.807) is 0 Å². The van der Waals surface area contributed by atoms with Crippen molar-refractivity contribution in [3.05, 3.63) is 36.0 Å². The molecule has 0 radical (unpaired) electrons. The van der Waals surface area contributed by atoms with Gasteiger partial charge in [-0.2, -0.15) is 0 Å². The molecule has 0 aliphatic carbocycles. The van der Waals surface area contributed by atoms with E-state index in [0.717, 1.165) is 48.6 Å². The molecule has 2 aromatic rings. The van der Waals surface area contributed by atoms with Gasteiger partial charge in [-0.15, -0.1) is 0 Å². The fourth-order valence-corrected chi connectivity index (χ4v) is 3.07. The van der Waals surface area contributed by atoms with Crippen LogP contribution in [0.5, 0.6) is 0 Å². The molecule has 21 heavy (non-hydrogen) atoms. The third-order valence-electron chi connectivity index (χ3n) is 4.06. The predicted molar refractivity (Wildman–Crippen MR) is 86.0 cm³/mol. The normalized spacial score (nSPS) is 19.2. The minimum atomic E-state index is 0.640. The van der Waals surface area contributed by atoms with Gasteiger partial charge in [0.15, 0.2) is 0 Å². The molecule has 112 valence electrons. The van der Waals surface area contributed by atoms with Gasteiger partial charge in [0.1, 0.15) is 0 Å². The third kappa shape index (κ3) is 3.52. The van der Waals surface area contributed by atoms with Gasteiger partial charge in [0, 0.05) is 30.8 Å². The number of nitrogens with two attached hydrogens (primary N) is 1. The maximum Gasteiger partial charge on any atom is 0.0726 e. The van der Waals surface area contributed by atoms with Gasteiger partial charge >= 0.3 is 0 Å². The summed E-state index contributed by atoms with van der Waals surface area (Å²) in [4.78, 5) is 7.03. The Morgan fingerprint density at radius 3 is 3.05 bits per heavy atom. The highest BCUT2D eigenvalue weighted by Crippen LogP contribution is 2.21. The molecule has 1 aromatic carbocycles. The number of aromatic nitrogens is 1. The number of hydrogen-bond donors (Lipinski definition) is 1. The van der Waals surface area contributed by atoms with Crippen LogP contribution in [0.2, 0.25) is 0 Å². The van der Waals surface area contributed by atoms with Crippen LogP contribution in [-0.4, -0.2) is 36.7 Å². The Hall–Kier alpha value is -1.65. The highest BCUT2D eigenvalue weighted by Gasteiger charge is 2.16. The van der Waals surface area contributed by atoms with Gasteiger partial charge in [0.05, 0.1) is 17.8 Å². The molecule has 0 spiro atoms. The van der Waals surface area contributed by atoms with Crippen molar-refractivity contribution in [1.82, 2.24) is 9.88 Å². The zero-order chi connectivity index (χ0) is 14.7. The first-order valence-corrected chi connectivity index (χ1v) is 7.63.